The molecule has 0 spiro atoms. The molecule has 4 aromatic carbocycles. The zero-order valence-electron chi connectivity index (χ0n) is 23.4. The molecule has 0 fully saturated rings. The molecule has 0 amide bonds. The Morgan fingerprint density at radius 1 is 0.674 bits per heavy atom. The monoisotopic (exact) mass is 612 g/mol. The van der Waals surface area contributed by atoms with Gasteiger partial charge in [-0.3, -0.25) is 9.59 Å². The molecule has 0 N–H and O–H groups in total. The zero-order chi connectivity index (χ0) is 31.4. The number of carbonyl (C=O) groups excluding carboxylic acids is 2. The minimum atomic E-state index is -4.49. The van der Waals surface area contributed by atoms with E-state index in [0.717, 1.165) is 18.4 Å². The third kappa shape index (κ3) is 7.81. The second kappa shape index (κ2) is 12.7. The third-order valence-corrected chi connectivity index (χ3v) is 7.77. The number of hydrogen-bond acceptors (Lipinski definition) is 7. The number of halogens is 3. The van der Waals surface area contributed by atoms with E-state index in [-0.39, 0.29) is 17.7 Å². The van der Waals surface area contributed by atoms with Gasteiger partial charge in [-0.25, -0.2) is 8.42 Å². The summed E-state index contributed by atoms with van der Waals surface area (Å²) in [6, 6.07) is 20.5. The van der Waals surface area contributed by atoms with Crippen molar-refractivity contribution in [2.24, 2.45) is 0 Å². The minimum absolute atomic E-state index is 0.143. The zero-order valence-corrected chi connectivity index (χ0v) is 24.2. The van der Waals surface area contributed by atoms with E-state index in [0.29, 0.717) is 44.9 Å². The molecule has 0 unspecified atom stereocenters. The second-order valence-corrected chi connectivity index (χ2v) is 11.6. The van der Waals surface area contributed by atoms with Crippen molar-refractivity contribution >= 4 is 21.8 Å². The van der Waals surface area contributed by atoms with E-state index in [9.17, 15) is 31.2 Å². The molecule has 0 bridgehead atoms. The SMILES string of the molecule is COc1ccc(-c2ccc(C(F)(F)F)cc2)c(CC(=O)OC(=O)Cc2cc(OC)ccc2-c2ccc(S(C)(=O)=O)cc2)c1. The molecule has 7 nitrogen and oxygen atoms in total. The van der Waals surface area contributed by atoms with Crippen molar-refractivity contribution in [3.8, 4) is 33.8 Å². The summed E-state index contributed by atoms with van der Waals surface area (Å²) in [6.45, 7) is 0. The summed E-state index contributed by atoms with van der Waals surface area (Å²) in [5.74, 6) is -0.837. The van der Waals surface area contributed by atoms with Crippen molar-refractivity contribution in [1.29, 1.82) is 0 Å². The van der Waals surface area contributed by atoms with E-state index in [4.69, 9.17) is 14.2 Å². The van der Waals surface area contributed by atoms with E-state index in [1.54, 1.807) is 48.5 Å². The maximum absolute atomic E-state index is 13.0. The first-order chi connectivity index (χ1) is 20.3. The van der Waals surface area contributed by atoms with E-state index < -0.39 is 33.5 Å². The molecule has 0 saturated heterocycles. The van der Waals surface area contributed by atoms with E-state index >= 15 is 0 Å². The average molecular weight is 613 g/mol. The maximum atomic E-state index is 13.0. The highest BCUT2D eigenvalue weighted by molar-refractivity contribution is 7.90. The number of esters is 2. The highest BCUT2D eigenvalue weighted by Crippen LogP contribution is 2.33. The van der Waals surface area contributed by atoms with E-state index in [1.807, 2.05) is 0 Å². The number of carbonyl (C=O) groups is 2. The quantitative estimate of drug-likeness (QED) is 0.161. The van der Waals surface area contributed by atoms with Gasteiger partial charge < -0.3 is 14.2 Å². The van der Waals surface area contributed by atoms with Gasteiger partial charge in [-0.15, -0.1) is 0 Å². The third-order valence-electron chi connectivity index (χ3n) is 6.64. The van der Waals surface area contributed by atoms with Gasteiger partial charge >= 0.3 is 18.1 Å². The van der Waals surface area contributed by atoms with Gasteiger partial charge in [0.25, 0.3) is 0 Å². The Morgan fingerprint density at radius 2 is 1.09 bits per heavy atom. The molecule has 0 radical (unpaired) electrons. The van der Waals surface area contributed by atoms with Gasteiger partial charge in [-0.2, -0.15) is 13.2 Å². The number of sulfone groups is 1. The van der Waals surface area contributed by atoms with Crippen LogP contribution in [-0.4, -0.2) is 40.8 Å². The Morgan fingerprint density at radius 3 is 1.47 bits per heavy atom. The van der Waals surface area contributed by atoms with Crippen LogP contribution in [0.3, 0.4) is 0 Å². The van der Waals surface area contributed by atoms with Crippen molar-refractivity contribution in [3.05, 3.63) is 102 Å². The van der Waals surface area contributed by atoms with Crippen molar-refractivity contribution < 1.29 is 45.4 Å². The normalized spacial score (nSPS) is 11.6. The molecule has 43 heavy (non-hydrogen) atoms. The van der Waals surface area contributed by atoms with Gasteiger partial charge in [-0.05, 0) is 81.9 Å². The average Bonchev–Trinajstić information content (AvgIpc) is 2.96. The first-order valence-corrected chi connectivity index (χ1v) is 14.7. The van der Waals surface area contributed by atoms with Gasteiger partial charge in [0.2, 0.25) is 0 Å². The van der Waals surface area contributed by atoms with Crippen molar-refractivity contribution in [3.63, 3.8) is 0 Å². The summed E-state index contributed by atoms with van der Waals surface area (Å²) in [4.78, 5) is 25.9. The van der Waals surface area contributed by atoms with Gasteiger partial charge in [0, 0.05) is 6.26 Å². The Kier molecular flexibility index (Phi) is 9.24. The highest BCUT2D eigenvalue weighted by atomic mass is 32.2. The lowest BCUT2D eigenvalue weighted by Gasteiger charge is -2.14. The van der Waals surface area contributed by atoms with Gasteiger partial charge in [-0.1, -0.05) is 36.4 Å². The molecule has 0 saturated carbocycles. The lowest BCUT2D eigenvalue weighted by Crippen LogP contribution is -2.17. The van der Waals surface area contributed by atoms with Crippen LogP contribution in [0.1, 0.15) is 16.7 Å². The molecule has 0 aliphatic rings. The molecule has 0 atom stereocenters. The Labute approximate surface area is 246 Å². The number of rotatable bonds is 9. The van der Waals surface area contributed by atoms with Crippen molar-refractivity contribution in [2.75, 3.05) is 20.5 Å². The molecule has 0 aromatic heterocycles. The predicted octanol–water partition coefficient (Wildman–Crippen LogP) is 6.32. The van der Waals surface area contributed by atoms with E-state index in [1.165, 1.54) is 38.5 Å². The van der Waals surface area contributed by atoms with Crippen LogP contribution in [0.2, 0.25) is 0 Å². The minimum Gasteiger partial charge on any atom is -0.497 e. The number of ether oxygens (including phenoxy) is 3. The van der Waals surface area contributed by atoms with Gasteiger partial charge in [0.05, 0.1) is 37.5 Å². The molecular formula is C32H27F3O7S. The Hall–Kier alpha value is -4.64. The van der Waals surface area contributed by atoms with Crippen LogP contribution in [0.25, 0.3) is 22.3 Å². The molecule has 4 rings (SSSR count). The standard InChI is InChI=1S/C32H27F3O7S/c1-40-25-10-14-28(20-4-8-24(9-5-20)32(33,34)35)22(16-25)18-30(36)42-31(37)19-23-17-26(41-2)11-15-29(23)21-6-12-27(13-7-21)43(3,38)39/h4-17H,18-19H2,1-3H3. The van der Waals surface area contributed by atoms with Crippen LogP contribution in [0.15, 0.2) is 89.8 Å². The molecule has 0 aliphatic carbocycles. The summed E-state index contributed by atoms with van der Waals surface area (Å²) in [7, 11) is -0.507. The molecule has 4 aromatic rings. The van der Waals surface area contributed by atoms with Crippen molar-refractivity contribution in [1.82, 2.24) is 0 Å². The number of methoxy groups -OCH3 is 2. The summed E-state index contributed by atoms with van der Waals surface area (Å²) in [5.41, 5.74) is 2.24. The topological polar surface area (TPSA) is 96.0 Å². The number of benzene rings is 4. The molecule has 0 heterocycles. The van der Waals surface area contributed by atoms with Crippen LogP contribution < -0.4 is 9.47 Å². The number of hydrogen-bond donors (Lipinski definition) is 0. The van der Waals surface area contributed by atoms with Crippen LogP contribution in [0.5, 0.6) is 11.5 Å². The molecule has 11 heteroatoms. The number of alkyl halides is 3. The predicted molar refractivity (Wildman–Crippen MR) is 153 cm³/mol. The van der Waals surface area contributed by atoms with E-state index in [2.05, 4.69) is 0 Å². The first kappa shape index (κ1) is 31.3. The van der Waals surface area contributed by atoms with Crippen LogP contribution >= 0.6 is 0 Å². The summed E-state index contributed by atoms with van der Waals surface area (Å²) >= 11 is 0. The molecule has 0 aliphatic heterocycles. The van der Waals surface area contributed by atoms with Crippen LogP contribution in [0.4, 0.5) is 13.2 Å². The Bertz CT molecular complexity index is 1750. The first-order valence-electron chi connectivity index (χ1n) is 12.8. The maximum Gasteiger partial charge on any atom is 0.416 e. The van der Waals surface area contributed by atoms with Gasteiger partial charge in [0.15, 0.2) is 9.84 Å². The van der Waals surface area contributed by atoms with Crippen LogP contribution in [-0.2, 0) is 43.2 Å². The lowest BCUT2D eigenvalue weighted by atomic mass is 9.96. The fraction of sp³-hybridized carbons (Fsp3) is 0.188. The molecular weight excluding hydrogens is 585 g/mol. The lowest BCUT2D eigenvalue weighted by molar-refractivity contribution is -0.158. The summed E-state index contributed by atoms with van der Waals surface area (Å²) in [6.07, 6.45) is -4.04. The van der Waals surface area contributed by atoms with Gasteiger partial charge in [0.1, 0.15) is 11.5 Å². The van der Waals surface area contributed by atoms with Crippen molar-refractivity contribution in [2.45, 2.75) is 23.9 Å². The Balaban J connectivity index is 1.54. The smallest absolute Gasteiger partial charge is 0.416 e. The second-order valence-electron chi connectivity index (χ2n) is 9.62. The molecule has 224 valence electrons. The fourth-order valence-corrected chi connectivity index (χ4v) is 5.11. The van der Waals surface area contributed by atoms with Crippen LogP contribution in [0, 0.1) is 0 Å². The summed E-state index contributed by atoms with van der Waals surface area (Å²) < 4.78 is 78.4. The highest BCUT2D eigenvalue weighted by Gasteiger charge is 2.30. The largest absolute Gasteiger partial charge is 0.497 e. The fourth-order valence-electron chi connectivity index (χ4n) is 4.48. The summed E-state index contributed by atoms with van der Waals surface area (Å²) in [5, 5.41) is 0.